The Hall–Kier alpha value is -2.67. The van der Waals surface area contributed by atoms with Gasteiger partial charge in [0.15, 0.2) is 5.78 Å². The van der Waals surface area contributed by atoms with Gasteiger partial charge in [-0.25, -0.2) is 4.79 Å². The first-order valence-electron chi connectivity index (χ1n) is 12.7. The number of carboxylic acids is 1. The van der Waals surface area contributed by atoms with Crippen molar-refractivity contribution in [3.63, 3.8) is 0 Å². The van der Waals surface area contributed by atoms with E-state index in [1.807, 2.05) is 44.2 Å². The van der Waals surface area contributed by atoms with Crippen molar-refractivity contribution in [3.05, 3.63) is 48.6 Å². The minimum absolute atomic E-state index is 0.164. The number of carbonyl (C=O) groups is 3. The standard InChI is InChI=1S/C21H31NO5.C8H16O/c1-14(2)11-16(13-18(23)24)19(25)17(12-15-9-7-6-8-10-15)22-20(26)27-21(3,4)5;1-4-5-8(9)6-7(2)3/h6-10,14,16-17H,11-13H2,1-5H3,(H,22,26)(H,23,24);4,7-9H,1,5-6H2,2-3H3/t16?,17-;/m0./s1. The minimum Gasteiger partial charge on any atom is -0.481 e. The molecule has 7 nitrogen and oxygen atoms in total. The zero-order chi connectivity index (χ0) is 27.9. The normalized spacial score (nSPS) is 13.7. The molecule has 0 aliphatic carbocycles. The highest BCUT2D eigenvalue weighted by Crippen LogP contribution is 2.20. The van der Waals surface area contributed by atoms with E-state index in [0.29, 0.717) is 12.3 Å². The van der Waals surface area contributed by atoms with Crippen molar-refractivity contribution in [2.75, 3.05) is 0 Å². The van der Waals surface area contributed by atoms with Crippen LogP contribution < -0.4 is 5.32 Å². The number of amides is 1. The van der Waals surface area contributed by atoms with Gasteiger partial charge in [-0.05, 0) is 63.9 Å². The molecule has 36 heavy (non-hydrogen) atoms. The number of nitrogens with one attached hydrogen (secondary N) is 1. The summed E-state index contributed by atoms with van der Waals surface area (Å²) in [5, 5.41) is 21.0. The number of benzene rings is 1. The minimum atomic E-state index is -1.02. The molecule has 204 valence electrons. The van der Waals surface area contributed by atoms with Crippen LogP contribution in [0.3, 0.4) is 0 Å². The summed E-state index contributed by atoms with van der Waals surface area (Å²) in [5.41, 5.74) is 0.188. The highest BCUT2D eigenvalue weighted by atomic mass is 16.6. The third kappa shape index (κ3) is 16.9. The van der Waals surface area contributed by atoms with Crippen molar-refractivity contribution in [3.8, 4) is 0 Å². The van der Waals surface area contributed by atoms with Gasteiger partial charge in [0, 0.05) is 5.92 Å². The molecule has 0 saturated carbocycles. The molecule has 1 aromatic carbocycles. The molecule has 3 N–H and O–H groups in total. The first kappa shape index (κ1) is 33.3. The second-order valence-electron chi connectivity index (χ2n) is 11.0. The van der Waals surface area contributed by atoms with E-state index in [0.717, 1.165) is 18.4 Å². The Balaban J connectivity index is 0.00000115. The Morgan fingerprint density at radius 2 is 1.58 bits per heavy atom. The first-order valence-corrected chi connectivity index (χ1v) is 12.7. The largest absolute Gasteiger partial charge is 0.481 e. The van der Waals surface area contributed by atoms with Crippen LogP contribution in [-0.2, 0) is 20.7 Å². The molecule has 0 aliphatic rings. The molecule has 0 saturated heterocycles. The molecule has 7 heteroatoms. The van der Waals surface area contributed by atoms with E-state index >= 15 is 0 Å². The van der Waals surface area contributed by atoms with Crippen molar-refractivity contribution in [2.24, 2.45) is 17.8 Å². The summed E-state index contributed by atoms with van der Waals surface area (Å²) in [6.07, 6.45) is 2.98. The zero-order valence-electron chi connectivity index (χ0n) is 23.1. The van der Waals surface area contributed by atoms with Crippen LogP contribution >= 0.6 is 0 Å². The van der Waals surface area contributed by atoms with E-state index in [4.69, 9.17) is 9.84 Å². The van der Waals surface area contributed by atoms with E-state index in [2.05, 4.69) is 25.7 Å². The lowest BCUT2D eigenvalue weighted by atomic mass is 9.85. The van der Waals surface area contributed by atoms with Gasteiger partial charge < -0.3 is 20.3 Å². The van der Waals surface area contributed by atoms with Crippen molar-refractivity contribution >= 4 is 17.8 Å². The van der Waals surface area contributed by atoms with Crippen LogP contribution in [0.5, 0.6) is 0 Å². The summed E-state index contributed by atoms with van der Waals surface area (Å²) in [7, 11) is 0. The van der Waals surface area contributed by atoms with Gasteiger partial charge >= 0.3 is 12.1 Å². The van der Waals surface area contributed by atoms with E-state index in [-0.39, 0.29) is 30.6 Å². The number of hydrogen-bond acceptors (Lipinski definition) is 5. The predicted octanol–water partition coefficient (Wildman–Crippen LogP) is 5.80. The second-order valence-corrected chi connectivity index (χ2v) is 11.0. The summed E-state index contributed by atoms with van der Waals surface area (Å²) >= 11 is 0. The molecule has 0 aliphatic heterocycles. The number of alkyl carbamates (subject to hydrolysis) is 1. The number of carbonyl (C=O) groups excluding carboxylic acids is 2. The molecule has 2 unspecified atom stereocenters. The zero-order valence-corrected chi connectivity index (χ0v) is 23.1. The monoisotopic (exact) mass is 505 g/mol. The lowest BCUT2D eigenvalue weighted by Gasteiger charge is -2.26. The number of aliphatic carboxylic acids is 1. The smallest absolute Gasteiger partial charge is 0.408 e. The number of ether oxygens (including phenoxy) is 1. The van der Waals surface area contributed by atoms with Gasteiger partial charge in [-0.2, -0.15) is 0 Å². The van der Waals surface area contributed by atoms with E-state index in [1.165, 1.54) is 0 Å². The molecule has 0 bridgehead atoms. The lowest BCUT2D eigenvalue weighted by molar-refractivity contribution is -0.141. The Morgan fingerprint density at radius 1 is 1.03 bits per heavy atom. The molecule has 1 rings (SSSR count). The topological polar surface area (TPSA) is 113 Å². The summed E-state index contributed by atoms with van der Waals surface area (Å²) in [4.78, 5) is 36.5. The fourth-order valence-corrected chi connectivity index (χ4v) is 3.72. The summed E-state index contributed by atoms with van der Waals surface area (Å²) in [5.74, 6) is -1.21. The number of aliphatic hydroxyl groups is 1. The van der Waals surface area contributed by atoms with Gasteiger partial charge in [0.25, 0.3) is 0 Å². The maximum absolute atomic E-state index is 13.1. The SMILES string of the molecule is C=CCC(O)CC(C)C.CC(C)CC(CC(=O)O)C(=O)[C@H](Cc1ccccc1)NC(=O)OC(C)(C)C. The second kappa shape index (κ2) is 16.9. The fourth-order valence-electron chi connectivity index (χ4n) is 3.72. The maximum atomic E-state index is 13.1. The number of ketones is 1. The molecule has 0 heterocycles. The highest BCUT2D eigenvalue weighted by Gasteiger charge is 2.31. The first-order chi connectivity index (χ1) is 16.6. The van der Waals surface area contributed by atoms with Crippen LogP contribution in [-0.4, -0.2) is 45.8 Å². The number of Topliss-reactive ketones (excluding diaryl/α,β-unsaturated/α-hetero) is 1. The van der Waals surface area contributed by atoms with Crippen LogP contribution in [0.25, 0.3) is 0 Å². The maximum Gasteiger partial charge on any atom is 0.408 e. The van der Waals surface area contributed by atoms with Crippen LogP contribution in [0.15, 0.2) is 43.0 Å². The van der Waals surface area contributed by atoms with Crippen molar-refractivity contribution in [2.45, 2.75) is 98.3 Å². The Bertz CT molecular complexity index is 798. The van der Waals surface area contributed by atoms with E-state index in [9.17, 15) is 19.5 Å². The van der Waals surface area contributed by atoms with Crippen LogP contribution in [0.2, 0.25) is 0 Å². The number of aliphatic hydroxyl groups excluding tert-OH is 1. The van der Waals surface area contributed by atoms with Gasteiger partial charge in [-0.3, -0.25) is 9.59 Å². The molecule has 1 amide bonds. The van der Waals surface area contributed by atoms with Crippen LogP contribution in [0.1, 0.15) is 79.7 Å². The van der Waals surface area contributed by atoms with E-state index < -0.39 is 29.6 Å². The summed E-state index contributed by atoms with van der Waals surface area (Å²) in [6, 6.07) is 8.47. The van der Waals surface area contributed by atoms with Crippen LogP contribution in [0.4, 0.5) is 4.79 Å². The number of rotatable bonds is 13. The van der Waals surface area contributed by atoms with Crippen molar-refractivity contribution in [1.82, 2.24) is 5.32 Å². The van der Waals surface area contributed by atoms with Gasteiger partial charge in [-0.15, -0.1) is 6.58 Å². The van der Waals surface area contributed by atoms with Crippen molar-refractivity contribution < 1.29 is 29.3 Å². The predicted molar refractivity (Wildman–Crippen MR) is 144 cm³/mol. The fraction of sp³-hybridized carbons (Fsp3) is 0.621. The average Bonchev–Trinajstić information content (AvgIpc) is 2.71. The van der Waals surface area contributed by atoms with Gasteiger partial charge in [-0.1, -0.05) is 64.1 Å². The van der Waals surface area contributed by atoms with Gasteiger partial charge in [0.05, 0.1) is 18.6 Å². The summed E-state index contributed by atoms with van der Waals surface area (Å²) in [6.45, 7) is 16.9. The molecule has 1 aromatic rings. The Kier molecular flexibility index (Phi) is 15.6. The highest BCUT2D eigenvalue weighted by molar-refractivity contribution is 5.91. The molecule has 0 radical (unpaired) electrons. The summed E-state index contributed by atoms with van der Waals surface area (Å²) < 4.78 is 5.28. The molecular weight excluding hydrogens is 458 g/mol. The Morgan fingerprint density at radius 3 is 2.03 bits per heavy atom. The van der Waals surface area contributed by atoms with Gasteiger partial charge in [0.2, 0.25) is 0 Å². The van der Waals surface area contributed by atoms with Crippen molar-refractivity contribution in [1.29, 1.82) is 0 Å². The lowest BCUT2D eigenvalue weighted by Crippen LogP contribution is -2.47. The molecule has 0 aromatic heterocycles. The number of hydrogen-bond donors (Lipinski definition) is 3. The molecule has 3 atom stereocenters. The molecule has 0 fully saturated rings. The molecule has 0 spiro atoms. The van der Waals surface area contributed by atoms with E-state index in [1.54, 1.807) is 26.8 Å². The van der Waals surface area contributed by atoms with Gasteiger partial charge in [0.1, 0.15) is 5.60 Å². The third-order valence-corrected chi connectivity index (χ3v) is 5.08. The number of carboxylic acid groups (broad SMARTS) is 1. The Labute approximate surface area is 217 Å². The quantitative estimate of drug-likeness (QED) is 0.292. The third-order valence-electron chi connectivity index (χ3n) is 5.08. The molecular formula is C29H47NO6. The van der Waals surface area contributed by atoms with Crippen LogP contribution in [0, 0.1) is 17.8 Å². The average molecular weight is 506 g/mol.